The van der Waals surface area contributed by atoms with Gasteiger partial charge in [0, 0.05) is 6.54 Å². The molecule has 0 saturated heterocycles. The maximum absolute atomic E-state index is 12.7. The van der Waals surface area contributed by atoms with Gasteiger partial charge in [0.2, 0.25) is 15.9 Å². The lowest BCUT2D eigenvalue weighted by Gasteiger charge is -2.28. The van der Waals surface area contributed by atoms with E-state index in [1.165, 1.54) is 13.2 Å². The van der Waals surface area contributed by atoms with Crippen molar-refractivity contribution in [2.24, 2.45) is 0 Å². The van der Waals surface area contributed by atoms with Gasteiger partial charge in [-0.1, -0.05) is 29.8 Å². The predicted molar refractivity (Wildman–Crippen MR) is 124 cm³/mol. The summed E-state index contributed by atoms with van der Waals surface area (Å²) in [6, 6.07) is 11.4. The number of hydrogen-bond donors (Lipinski definition) is 1. The van der Waals surface area contributed by atoms with Crippen molar-refractivity contribution in [2.75, 3.05) is 30.8 Å². The Labute approximate surface area is 189 Å². The molecule has 0 saturated carbocycles. The van der Waals surface area contributed by atoms with Crippen LogP contribution in [0.25, 0.3) is 0 Å². The monoisotopic (exact) mass is 468 g/mol. The van der Waals surface area contributed by atoms with E-state index in [2.05, 4.69) is 5.32 Å². The van der Waals surface area contributed by atoms with Gasteiger partial charge >= 0.3 is 0 Å². The van der Waals surface area contributed by atoms with E-state index in [9.17, 15) is 13.2 Å². The first-order chi connectivity index (χ1) is 14.7. The van der Waals surface area contributed by atoms with Crippen molar-refractivity contribution in [2.45, 2.75) is 32.7 Å². The predicted octanol–water partition coefficient (Wildman–Crippen LogP) is 3.65. The summed E-state index contributed by atoms with van der Waals surface area (Å²) >= 11 is 6.15. The van der Waals surface area contributed by atoms with E-state index in [0.717, 1.165) is 28.3 Å². The van der Waals surface area contributed by atoms with Crippen molar-refractivity contribution in [1.29, 1.82) is 0 Å². The SMILES string of the molecule is CCOc1ccccc1CCCNC(=O)[C@@H](C)N(c1ccc(OC)c(Cl)c1)S(C)(=O)=O. The molecule has 0 aromatic heterocycles. The maximum atomic E-state index is 12.7. The summed E-state index contributed by atoms with van der Waals surface area (Å²) in [5, 5.41) is 3.08. The minimum atomic E-state index is -3.73. The van der Waals surface area contributed by atoms with Crippen LogP contribution in [0.5, 0.6) is 11.5 Å². The molecule has 0 aliphatic heterocycles. The highest BCUT2D eigenvalue weighted by atomic mass is 35.5. The van der Waals surface area contributed by atoms with Crippen LogP contribution >= 0.6 is 11.6 Å². The van der Waals surface area contributed by atoms with Gasteiger partial charge in [-0.3, -0.25) is 9.10 Å². The van der Waals surface area contributed by atoms with Crippen molar-refractivity contribution < 1.29 is 22.7 Å². The number of hydrogen-bond acceptors (Lipinski definition) is 5. The van der Waals surface area contributed by atoms with E-state index >= 15 is 0 Å². The lowest BCUT2D eigenvalue weighted by Crippen LogP contribution is -2.48. The second-order valence-corrected chi connectivity index (χ2v) is 9.26. The molecule has 0 aliphatic rings. The molecule has 2 rings (SSSR count). The largest absolute Gasteiger partial charge is 0.495 e. The number of carbonyl (C=O) groups excluding carboxylic acids is 1. The van der Waals surface area contributed by atoms with Crippen molar-refractivity contribution >= 4 is 33.2 Å². The highest BCUT2D eigenvalue weighted by molar-refractivity contribution is 7.92. The zero-order valence-corrected chi connectivity index (χ0v) is 19.8. The van der Waals surface area contributed by atoms with Crippen LogP contribution in [0.2, 0.25) is 5.02 Å². The Bertz CT molecular complexity index is 997. The zero-order chi connectivity index (χ0) is 23.0. The lowest BCUT2D eigenvalue weighted by atomic mass is 10.1. The quantitative estimate of drug-likeness (QED) is 0.509. The Hall–Kier alpha value is -2.45. The highest BCUT2D eigenvalue weighted by Crippen LogP contribution is 2.31. The first-order valence-corrected chi connectivity index (χ1v) is 12.2. The molecule has 0 spiro atoms. The number of ether oxygens (including phenoxy) is 2. The van der Waals surface area contributed by atoms with Crippen LogP contribution in [0.4, 0.5) is 5.69 Å². The van der Waals surface area contributed by atoms with Gasteiger partial charge in [-0.25, -0.2) is 8.42 Å². The standard InChI is InChI=1S/C22H29ClN2O5S/c1-5-30-20-11-7-6-9-17(20)10-8-14-24-22(26)16(2)25(31(4,27)28)18-12-13-21(29-3)19(23)15-18/h6-7,9,11-13,15-16H,5,8,10,14H2,1-4H3,(H,24,26)/t16-/m1/s1. The summed E-state index contributed by atoms with van der Waals surface area (Å²) in [7, 11) is -2.26. The van der Waals surface area contributed by atoms with Crippen LogP contribution in [0.15, 0.2) is 42.5 Å². The average molecular weight is 469 g/mol. The number of para-hydroxylation sites is 1. The van der Waals surface area contributed by atoms with Crippen molar-refractivity contribution in [1.82, 2.24) is 5.32 Å². The fourth-order valence-electron chi connectivity index (χ4n) is 3.25. The molecule has 170 valence electrons. The molecule has 0 radical (unpaired) electrons. The molecule has 0 unspecified atom stereocenters. The van der Waals surface area contributed by atoms with E-state index in [0.29, 0.717) is 31.0 Å². The van der Waals surface area contributed by atoms with Gasteiger partial charge in [0.1, 0.15) is 17.5 Å². The Kier molecular flexibility index (Phi) is 9.00. The molecule has 0 heterocycles. The number of amides is 1. The molecule has 1 N–H and O–H groups in total. The van der Waals surface area contributed by atoms with E-state index < -0.39 is 22.0 Å². The molecular weight excluding hydrogens is 440 g/mol. The van der Waals surface area contributed by atoms with Gasteiger partial charge < -0.3 is 14.8 Å². The molecule has 0 bridgehead atoms. The Balaban J connectivity index is 2.03. The summed E-state index contributed by atoms with van der Waals surface area (Å²) in [5.74, 6) is 0.864. The van der Waals surface area contributed by atoms with Gasteiger partial charge in [-0.2, -0.15) is 0 Å². The number of rotatable bonds is 11. The fourth-order valence-corrected chi connectivity index (χ4v) is 4.66. The summed E-state index contributed by atoms with van der Waals surface area (Å²) < 4.78 is 36.6. The summed E-state index contributed by atoms with van der Waals surface area (Å²) in [6.07, 6.45) is 2.48. The van der Waals surface area contributed by atoms with Crippen molar-refractivity contribution in [3.63, 3.8) is 0 Å². The summed E-state index contributed by atoms with van der Waals surface area (Å²) in [4.78, 5) is 12.7. The highest BCUT2D eigenvalue weighted by Gasteiger charge is 2.29. The number of anilines is 1. The molecule has 7 nitrogen and oxygen atoms in total. The topological polar surface area (TPSA) is 84.9 Å². The number of benzene rings is 2. The zero-order valence-electron chi connectivity index (χ0n) is 18.2. The molecule has 2 aromatic rings. The third-order valence-electron chi connectivity index (χ3n) is 4.67. The third kappa shape index (κ3) is 6.77. The Morgan fingerprint density at radius 2 is 1.90 bits per heavy atom. The van der Waals surface area contributed by atoms with E-state index in [1.807, 2.05) is 31.2 Å². The van der Waals surface area contributed by atoms with Crippen LogP contribution in [-0.2, 0) is 21.2 Å². The second kappa shape index (κ2) is 11.2. The van der Waals surface area contributed by atoms with E-state index in [4.69, 9.17) is 21.1 Å². The fraction of sp³-hybridized carbons (Fsp3) is 0.409. The Morgan fingerprint density at radius 1 is 1.19 bits per heavy atom. The first kappa shape index (κ1) is 24.8. The number of sulfonamides is 1. The maximum Gasteiger partial charge on any atom is 0.243 e. The normalized spacial score (nSPS) is 12.2. The Morgan fingerprint density at radius 3 is 2.52 bits per heavy atom. The van der Waals surface area contributed by atoms with Crippen LogP contribution in [0.3, 0.4) is 0 Å². The number of aryl methyl sites for hydroxylation is 1. The minimum Gasteiger partial charge on any atom is -0.495 e. The summed E-state index contributed by atoms with van der Waals surface area (Å²) in [5.41, 5.74) is 1.36. The van der Waals surface area contributed by atoms with Crippen molar-refractivity contribution in [3.05, 3.63) is 53.1 Å². The number of carbonyl (C=O) groups is 1. The average Bonchev–Trinajstić information content (AvgIpc) is 2.71. The number of nitrogens with zero attached hydrogens (tertiary/aromatic N) is 1. The summed E-state index contributed by atoms with van der Waals surface area (Å²) in [6.45, 7) is 4.47. The van der Waals surface area contributed by atoms with Crippen LogP contribution in [0, 0.1) is 0 Å². The van der Waals surface area contributed by atoms with Gasteiger partial charge in [0.15, 0.2) is 0 Å². The van der Waals surface area contributed by atoms with Crippen LogP contribution in [0.1, 0.15) is 25.8 Å². The van der Waals surface area contributed by atoms with Gasteiger partial charge in [-0.15, -0.1) is 0 Å². The minimum absolute atomic E-state index is 0.259. The molecule has 1 atom stereocenters. The first-order valence-electron chi connectivity index (χ1n) is 10.00. The third-order valence-corrected chi connectivity index (χ3v) is 6.21. The number of nitrogens with one attached hydrogen (secondary N) is 1. The van der Waals surface area contributed by atoms with E-state index in [-0.39, 0.29) is 5.02 Å². The molecule has 0 aliphatic carbocycles. The molecule has 1 amide bonds. The molecule has 0 fully saturated rings. The number of methoxy groups -OCH3 is 1. The molecule has 31 heavy (non-hydrogen) atoms. The van der Waals surface area contributed by atoms with Crippen LogP contribution < -0.4 is 19.1 Å². The van der Waals surface area contributed by atoms with Gasteiger partial charge in [0.25, 0.3) is 0 Å². The molecule has 2 aromatic carbocycles. The van der Waals surface area contributed by atoms with Crippen LogP contribution in [-0.4, -0.2) is 46.9 Å². The lowest BCUT2D eigenvalue weighted by molar-refractivity contribution is -0.121. The molecule has 9 heteroatoms. The second-order valence-electron chi connectivity index (χ2n) is 6.99. The van der Waals surface area contributed by atoms with E-state index in [1.54, 1.807) is 19.1 Å². The van der Waals surface area contributed by atoms with Gasteiger partial charge in [-0.05, 0) is 56.5 Å². The van der Waals surface area contributed by atoms with Crippen molar-refractivity contribution in [3.8, 4) is 11.5 Å². The number of halogens is 1. The smallest absolute Gasteiger partial charge is 0.243 e. The van der Waals surface area contributed by atoms with Gasteiger partial charge in [0.05, 0.1) is 30.7 Å². The molecular formula is C22H29ClN2O5S.